The van der Waals surface area contributed by atoms with E-state index in [-0.39, 0.29) is 27.3 Å². The molecule has 0 aromatic heterocycles. The summed E-state index contributed by atoms with van der Waals surface area (Å²) < 4.78 is 0. The van der Waals surface area contributed by atoms with Gasteiger partial charge in [-0.15, -0.1) is 0 Å². The fourth-order valence-electron chi connectivity index (χ4n) is 0. The molecular weight excluding hydrogens is 247 g/mol. The molecule has 0 aliphatic heterocycles. The molecule has 0 saturated carbocycles. The number of halogens is 2. The van der Waals surface area contributed by atoms with Crippen molar-refractivity contribution in [2.24, 2.45) is 0 Å². The number of hydrogen-bond acceptors (Lipinski definition) is 0. The molecule has 0 aliphatic rings. The number of rotatable bonds is 0. The molecule has 0 fully saturated rings. The molecule has 0 amide bonds. The Hall–Kier alpha value is 2.02. The first-order chi connectivity index (χ1) is 1.41. The second kappa shape index (κ2) is 8.90. The van der Waals surface area contributed by atoms with Crippen molar-refractivity contribution in [3.8, 4) is 0 Å². The third-order valence-corrected chi connectivity index (χ3v) is 0. The molecule has 0 heterocycles. The fourth-order valence-corrected chi connectivity index (χ4v) is 0. The van der Waals surface area contributed by atoms with E-state index in [0.29, 0.717) is 0 Å². The standard InChI is InChI=1S/Cd.2ClH.Cu/h;2*1H;/q;;;+2/p-2. The third kappa shape index (κ3) is 8.98. The van der Waals surface area contributed by atoms with Gasteiger partial charge < -0.3 is 0 Å². The first-order valence-corrected chi connectivity index (χ1v) is 2.82. The molecule has 0 N–H and O–H groups in total. The van der Waals surface area contributed by atoms with Gasteiger partial charge in [-0.1, -0.05) is 0 Å². The Morgan fingerprint density at radius 1 is 1.25 bits per heavy atom. The average Bonchev–Trinajstić information content (AvgIpc) is 0.918. The van der Waals surface area contributed by atoms with Gasteiger partial charge in [-0.2, -0.15) is 0 Å². The van der Waals surface area contributed by atoms with E-state index >= 15 is 0 Å². The molecule has 0 nitrogen and oxygen atoms in total. The Bertz CT molecular complexity index is 6.00. The van der Waals surface area contributed by atoms with E-state index in [0.717, 1.165) is 13.1 Å². The van der Waals surface area contributed by atoms with Crippen LogP contribution < -0.4 is 0 Å². The Balaban J connectivity index is 0. The van der Waals surface area contributed by atoms with Gasteiger partial charge in [-0.3, -0.25) is 0 Å². The van der Waals surface area contributed by atoms with Gasteiger partial charge in [0.25, 0.3) is 0 Å². The van der Waals surface area contributed by atoms with E-state index in [2.05, 4.69) is 20.2 Å². The van der Waals surface area contributed by atoms with Gasteiger partial charge in [0.05, 0.1) is 0 Å². The second-order valence-electron chi connectivity index (χ2n) is 0.0431. The van der Waals surface area contributed by atoms with Gasteiger partial charge in [0, 0.05) is 27.3 Å². The van der Waals surface area contributed by atoms with Crippen LogP contribution in [-0.2, 0) is 40.4 Å². The van der Waals surface area contributed by atoms with Crippen LogP contribution in [0.5, 0.6) is 0 Å². The van der Waals surface area contributed by atoms with E-state index in [1.54, 1.807) is 0 Å². The van der Waals surface area contributed by atoms with E-state index in [4.69, 9.17) is 0 Å². The first kappa shape index (κ1) is 9.39. The topological polar surface area (TPSA) is 0 Å². The van der Waals surface area contributed by atoms with Gasteiger partial charge in [-0.05, 0) is 0 Å². The van der Waals surface area contributed by atoms with E-state index in [1.807, 2.05) is 0 Å². The van der Waals surface area contributed by atoms with Crippen molar-refractivity contribution in [1.29, 1.82) is 0 Å². The normalized spacial score (nSPS) is 5.50. The molecule has 0 aliphatic carbocycles. The van der Waals surface area contributed by atoms with Crippen molar-refractivity contribution in [3.63, 3.8) is 0 Å². The maximum absolute atomic E-state index is 4.67. The molecule has 0 bridgehead atoms. The van der Waals surface area contributed by atoms with Crippen molar-refractivity contribution in [1.82, 2.24) is 0 Å². The summed E-state index contributed by atoms with van der Waals surface area (Å²) in [7, 11) is 9.34. The summed E-state index contributed by atoms with van der Waals surface area (Å²) in [6.07, 6.45) is 0. The number of hydrogen-bond donors (Lipinski definition) is 0. The molecule has 27 valence electrons. The summed E-state index contributed by atoms with van der Waals surface area (Å²) >= 11 is 0.757. The summed E-state index contributed by atoms with van der Waals surface area (Å²) in [6.45, 7) is 0. The van der Waals surface area contributed by atoms with Gasteiger partial charge in [0.15, 0.2) is 0 Å². The summed E-state index contributed by atoms with van der Waals surface area (Å²) in [5.41, 5.74) is 0. The van der Waals surface area contributed by atoms with Gasteiger partial charge in [0.2, 0.25) is 0 Å². The quantitative estimate of drug-likeness (QED) is 0.567. The van der Waals surface area contributed by atoms with Gasteiger partial charge in [-0.25, -0.2) is 0 Å². The van der Waals surface area contributed by atoms with Crippen molar-refractivity contribution in [2.75, 3.05) is 0 Å². The second-order valence-corrected chi connectivity index (χ2v) is 1.60. The van der Waals surface area contributed by atoms with Gasteiger partial charge in [0.1, 0.15) is 0 Å². The van der Waals surface area contributed by atoms with Crippen LogP contribution in [0.25, 0.3) is 0 Å². The van der Waals surface area contributed by atoms with Crippen LogP contribution in [0.15, 0.2) is 0 Å². The summed E-state index contributed by atoms with van der Waals surface area (Å²) in [4.78, 5) is 0. The monoisotopic (exact) mass is 247 g/mol. The Morgan fingerprint density at radius 2 is 1.25 bits per heavy atom. The molecular formula is CdCl2Cu. The van der Waals surface area contributed by atoms with E-state index in [9.17, 15) is 0 Å². The first-order valence-electron chi connectivity index (χ1n) is 0.228. The summed E-state index contributed by atoms with van der Waals surface area (Å²) in [5, 5.41) is 0. The average molecular weight is 247 g/mol. The van der Waals surface area contributed by atoms with E-state index < -0.39 is 0 Å². The van der Waals surface area contributed by atoms with Crippen molar-refractivity contribution >= 4 is 20.2 Å². The molecule has 0 unspecified atom stereocenters. The molecule has 4 heavy (non-hydrogen) atoms. The zero-order valence-electron chi connectivity index (χ0n) is 1.76. The van der Waals surface area contributed by atoms with Crippen LogP contribution in [0.4, 0.5) is 0 Å². The Morgan fingerprint density at radius 3 is 1.25 bits per heavy atom. The molecule has 0 atom stereocenters. The molecule has 0 saturated heterocycles. The van der Waals surface area contributed by atoms with Gasteiger partial charge >= 0.3 is 33.3 Å². The van der Waals surface area contributed by atoms with Crippen molar-refractivity contribution in [3.05, 3.63) is 0 Å². The zero-order chi connectivity index (χ0) is 2.71. The molecule has 0 radical (unpaired) electrons. The third-order valence-electron chi connectivity index (χ3n) is 0. The molecule has 0 aromatic rings. The van der Waals surface area contributed by atoms with Crippen LogP contribution >= 0.6 is 20.2 Å². The Kier molecular flexibility index (Phi) is 20.9. The molecule has 4 heteroatoms. The predicted molar refractivity (Wildman–Crippen MR) is 11.7 cm³/mol. The van der Waals surface area contributed by atoms with Crippen LogP contribution in [0.1, 0.15) is 0 Å². The van der Waals surface area contributed by atoms with Crippen molar-refractivity contribution < 1.29 is 40.4 Å². The molecule has 0 aromatic carbocycles. The van der Waals surface area contributed by atoms with Crippen LogP contribution in [0.2, 0.25) is 0 Å². The summed E-state index contributed by atoms with van der Waals surface area (Å²) in [5.74, 6) is 0. The minimum atomic E-state index is 0. The van der Waals surface area contributed by atoms with Crippen LogP contribution in [-0.4, -0.2) is 0 Å². The van der Waals surface area contributed by atoms with Crippen LogP contribution in [0, 0.1) is 0 Å². The minimum absolute atomic E-state index is 0. The van der Waals surface area contributed by atoms with Crippen LogP contribution in [0.3, 0.4) is 0 Å². The zero-order valence-corrected chi connectivity index (χ0v) is 8.25. The molecule has 0 rings (SSSR count). The maximum atomic E-state index is 4.67. The Labute approximate surface area is 60.0 Å². The van der Waals surface area contributed by atoms with Crippen molar-refractivity contribution in [2.45, 2.75) is 0 Å². The predicted octanol–water partition coefficient (Wildman–Crippen LogP) is 1.37. The SMILES string of the molecule is [Cd].[Cl][Cu][Cl]. The molecule has 0 spiro atoms. The fraction of sp³-hybridized carbons (Fsp3) is 0. The van der Waals surface area contributed by atoms with E-state index in [1.165, 1.54) is 0 Å². The summed E-state index contributed by atoms with van der Waals surface area (Å²) in [6, 6.07) is 0.